The van der Waals surface area contributed by atoms with Crippen molar-refractivity contribution in [3.8, 4) is 0 Å². The van der Waals surface area contributed by atoms with Gasteiger partial charge in [-0.05, 0) is 37.8 Å². The quantitative estimate of drug-likeness (QED) is 0.875. The first-order chi connectivity index (χ1) is 9.56. The Hall–Kier alpha value is -1.73. The van der Waals surface area contributed by atoms with Gasteiger partial charge in [-0.2, -0.15) is 5.10 Å². The van der Waals surface area contributed by atoms with Crippen LogP contribution in [0.25, 0.3) is 0 Å². The molecule has 2 aromatic rings. The van der Waals surface area contributed by atoms with E-state index >= 15 is 0 Å². The number of aromatic amines is 1. The van der Waals surface area contributed by atoms with Crippen molar-refractivity contribution in [1.29, 1.82) is 0 Å². The highest BCUT2D eigenvalue weighted by molar-refractivity contribution is 7.89. The predicted octanol–water partition coefficient (Wildman–Crippen LogP) is 1.54. The van der Waals surface area contributed by atoms with Crippen LogP contribution in [0, 0.1) is 12.8 Å². The predicted molar refractivity (Wildman–Crippen MR) is 73.3 cm³/mol. The minimum absolute atomic E-state index is 0.149. The molecule has 1 saturated carbocycles. The molecule has 7 heteroatoms. The number of nitrogens with one attached hydrogen (secondary N) is 2. The lowest BCUT2D eigenvalue weighted by Gasteiger charge is -2.17. The molecular formula is C13H16N4O2S. The number of H-pyrrole nitrogens is 1. The van der Waals surface area contributed by atoms with E-state index in [4.69, 9.17) is 0 Å². The molecule has 20 heavy (non-hydrogen) atoms. The summed E-state index contributed by atoms with van der Waals surface area (Å²) in [5, 5.41) is 6.20. The van der Waals surface area contributed by atoms with Crippen LogP contribution in [-0.4, -0.2) is 23.6 Å². The summed E-state index contributed by atoms with van der Waals surface area (Å²) in [7, 11) is -3.57. The Bertz CT molecular complexity index is 693. The highest BCUT2D eigenvalue weighted by Gasteiger charge is 2.36. The fourth-order valence-corrected chi connectivity index (χ4v) is 3.37. The lowest BCUT2D eigenvalue weighted by Crippen LogP contribution is -2.30. The van der Waals surface area contributed by atoms with Crippen molar-refractivity contribution in [3.05, 3.63) is 42.0 Å². The zero-order valence-electron chi connectivity index (χ0n) is 11.1. The number of nitrogens with zero attached hydrogens (tertiary/aromatic N) is 2. The van der Waals surface area contributed by atoms with E-state index in [1.807, 2.05) is 25.1 Å². The van der Waals surface area contributed by atoms with Crippen molar-refractivity contribution in [2.24, 2.45) is 5.92 Å². The zero-order valence-corrected chi connectivity index (χ0v) is 11.9. The van der Waals surface area contributed by atoms with Crippen LogP contribution in [0.2, 0.25) is 0 Å². The van der Waals surface area contributed by atoms with Gasteiger partial charge in [-0.1, -0.05) is 6.07 Å². The van der Waals surface area contributed by atoms with Gasteiger partial charge in [-0.3, -0.25) is 10.1 Å². The summed E-state index contributed by atoms with van der Waals surface area (Å²) >= 11 is 0. The van der Waals surface area contributed by atoms with E-state index in [0.29, 0.717) is 5.92 Å². The van der Waals surface area contributed by atoms with Crippen molar-refractivity contribution in [2.45, 2.75) is 30.7 Å². The molecule has 0 saturated heterocycles. The van der Waals surface area contributed by atoms with Gasteiger partial charge in [-0.15, -0.1) is 0 Å². The average Bonchev–Trinajstić information content (AvgIpc) is 3.08. The molecule has 1 aliphatic rings. The van der Waals surface area contributed by atoms with E-state index in [2.05, 4.69) is 19.9 Å². The van der Waals surface area contributed by atoms with Gasteiger partial charge in [0, 0.05) is 11.9 Å². The summed E-state index contributed by atoms with van der Waals surface area (Å²) in [5.74, 6) is 0.325. The average molecular weight is 292 g/mol. The Kier molecular flexibility index (Phi) is 3.31. The zero-order chi connectivity index (χ0) is 14.2. The van der Waals surface area contributed by atoms with Crippen molar-refractivity contribution in [3.63, 3.8) is 0 Å². The molecule has 2 aromatic heterocycles. The van der Waals surface area contributed by atoms with Gasteiger partial charge in [0.1, 0.15) is 4.90 Å². The van der Waals surface area contributed by atoms with Crippen LogP contribution in [0.5, 0.6) is 0 Å². The summed E-state index contributed by atoms with van der Waals surface area (Å²) in [6.07, 6.45) is 4.72. The van der Waals surface area contributed by atoms with Crippen molar-refractivity contribution < 1.29 is 8.42 Å². The van der Waals surface area contributed by atoms with Crippen LogP contribution in [0.3, 0.4) is 0 Å². The fourth-order valence-electron chi connectivity index (χ4n) is 2.19. The molecule has 0 bridgehead atoms. The third-order valence-electron chi connectivity index (χ3n) is 3.39. The number of sulfonamides is 1. The second kappa shape index (κ2) is 4.99. The first kappa shape index (κ1) is 13.3. The molecule has 2 N–H and O–H groups in total. The van der Waals surface area contributed by atoms with Crippen molar-refractivity contribution in [2.75, 3.05) is 0 Å². The summed E-state index contributed by atoms with van der Waals surface area (Å²) in [4.78, 5) is 4.60. The lowest BCUT2D eigenvalue weighted by atomic mass is 10.1. The largest absolute Gasteiger partial charge is 0.284 e. The van der Waals surface area contributed by atoms with Gasteiger partial charge in [0.2, 0.25) is 10.0 Å². The van der Waals surface area contributed by atoms with Gasteiger partial charge in [0.25, 0.3) is 0 Å². The molecule has 1 fully saturated rings. The van der Waals surface area contributed by atoms with Crippen molar-refractivity contribution >= 4 is 10.0 Å². The van der Waals surface area contributed by atoms with E-state index in [1.165, 1.54) is 12.4 Å². The van der Waals surface area contributed by atoms with Gasteiger partial charge < -0.3 is 0 Å². The Labute approximate surface area is 117 Å². The van der Waals surface area contributed by atoms with Crippen LogP contribution >= 0.6 is 0 Å². The molecule has 0 aromatic carbocycles. The molecule has 0 aliphatic heterocycles. The second-order valence-corrected chi connectivity index (χ2v) is 6.79. The number of aryl methyl sites for hydroxylation is 1. The van der Waals surface area contributed by atoms with Crippen molar-refractivity contribution in [1.82, 2.24) is 19.9 Å². The molecule has 1 atom stereocenters. The number of rotatable bonds is 5. The summed E-state index contributed by atoms with van der Waals surface area (Å²) in [5.41, 5.74) is 1.66. The van der Waals surface area contributed by atoms with Gasteiger partial charge in [0.15, 0.2) is 0 Å². The van der Waals surface area contributed by atoms with Crippen LogP contribution in [0.15, 0.2) is 35.5 Å². The Morgan fingerprint density at radius 1 is 1.40 bits per heavy atom. The Morgan fingerprint density at radius 3 is 2.80 bits per heavy atom. The standard InChI is InChI=1S/C13H16N4O2S/c1-9-3-2-4-12(16-9)13(10-5-6-10)17-20(18,19)11-7-14-15-8-11/h2-4,7-8,10,13,17H,5-6H2,1H3,(H,14,15). The molecule has 1 aliphatic carbocycles. The van der Waals surface area contributed by atoms with Gasteiger partial charge >= 0.3 is 0 Å². The molecule has 1 unspecified atom stereocenters. The Balaban J connectivity index is 1.89. The molecule has 3 rings (SSSR count). The minimum Gasteiger partial charge on any atom is -0.284 e. The maximum atomic E-state index is 12.3. The van der Waals surface area contributed by atoms with Gasteiger partial charge in [-0.25, -0.2) is 13.1 Å². The highest BCUT2D eigenvalue weighted by atomic mass is 32.2. The molecule has 0 spiro atoms. The molecule has 0 radical (unpaired) electrons. The molecule has 106 valence electrons. The summed E-state index contributed by atoms with van der Waals surface area (Å²) in [6, 6.07) is 5.40. The third-order valence-corrected chi connectivity index (χ3v) is 4.80. The van der Waals surface area contributed by atoms with E-state index in [0.717, 1.165) is 24.2 Å². The third kappa shape index (κ3) is 2.73. The summed E-state index contributed by atoms with van der Waals surface area (Å²) in [6.45, 7) is 1.90. The van der Waals surface area contributed by atoms with E-state index < -0.39 is 10.0 Å². The summed E-state index contributed by atoms with van der Waals surface area (Å²) < 4.78 is 27.3. The monoisotopic (exact) mass is 292 g/mol. The number of aromatic nitrogens is 3. The van der Waals surface area contributed by atoms with E-state index in [9.17, 15) is 8.42 Å². The maximum Gasteiger partial charge on any atom is 0.244 e. The Morgan fingerprint density at radius 2 is 2.20 bits per heavy atom. The lowest BCUT2D eigenvalue weighted by molar-refractivity contribution is 0.520. The first-order valence-electron chi connectivity index (χ1n) is 6.51. The maximum absolute atomic E-state index is 12.3. The molecule has 6 nitrogen and oxygen atoms in total. The molecular weight excluding hydrogens is 276 g/mol. The number of hydrogen-bond donors (Lipinski definition) is 2. The smallest absolute Gasteiger partial charge is 0.244 e. The molecule has 2 heterocycles. The number of pyridine rings is 1. The fraction of sp³-hybridized carbons (Fsp3) is 0.385. The first-order valence-corrected chi connectivity index (χ1v) is 7.99. The number of hydrogen-bond acceptors (Lipinski definition) is 4. The van der Waals surface area contributed by atoms with Gasteiger partial charge in [0.05, 0.1) is 17.9 Å². The molecule has 0 amide bonds. The van der Waals surface area contributed by atoms with Crippen LogP contribution < -0.4 is 4.72 Å². The van der Waals surface area contributed by atoms with E-state index in [-0.39, 0.29) is 10.9 Å². The van der Waals surface area contributed by atoms with Crippen LogP contribution in [0.4, 0.5) is 0 Å². The van der Waals surface area contributed by atoms with Crippen LogP contribution in [-0.2, 0) is 10.0 Å². The SMILES string of the molecule is Cc1cccc(C(NS(=O)(=O)c2cn[nH]c2)C2CC2)n1. The normalized spacial score (nSPS) is 17.1. The van der Waals surface area contributed by atoms with Crippen LogP contribution in [0.1, 0.15) is 30.3 Å². The van der Waals surface area contributed by atoms with E-state index in [1.54, 1.807) is 0 Å². The minimum atomic E-state index is -3.57. The highest BCUT2D eigenvalue weighted by Crippen LogP contribution is 2.41. The topological polar surface area (TPSA) is 87.7 Å². The second-order valence-electron chi connectivity index (χ2n) is 5.07.